The number of nitrogens with zero attached hydrogens (tertiary/aromatic N) is 2. The second-order valence-electron chi connectivity index (χ2n) is 6.40. The second-order valence-corrected chi connectivity index (χ2v) is 6.40. The van der Waals surface area contributed by atoms with Gasteiger partial charge in [0.1, 0.15) is 0 Å². The summed E-state index contributed by atoms with van der Waals surface area (Å²) in [5.74, 6) is -0.101. The largest absolute Gasteiger partial charge is 0.370 e. The maximum Gasteiger partial charge on any atom is 0.276 e. The quantitative estimate of drug-likeness (QED) is 0.915. The van der Waals surface area contributed by atoms with Gasteiger partial charge in [0.15, 0.2) is 5.69 Å². The third-order valence-electron chi connectivity index (χ3n) is 4.87. The fraction of sp³-hybridized carbons (Fsp3) is 0.444. The van der Waals surface area contributed by atoms with E-state index in [1.165, 1.54) is 19.3 Å². The van der Waals surface area contributed by atoms with Crippen LogP contribution in [-0.4, -0.2) is 29.2 Å². The minimum absolute atomic E-state index is 0.101. The van der Waals surface area contributed by atoms with E-state index in [1.54, 1.807) is 0 Å². The predicted molar refractivity (Wildman–Crippen MR) is 91.1 cm³/mol. The van der Waals surface area contributed by atoms with Crippen LogP contribution in [0.3, 0.4) is 0 Å². The van der Waals surface area contributed by atoms with Crippen molar-refractivity contribution in [3.8, 4) is 0 Å². The first-order valence-corrected chi connectivity index (χ1v) is 8.54. The van der Waals surface area contributed by atoms with Gasteiger partial charge in [0.25, 0.3) is 5.91 Å². The zero-order valence-electron chi connectivity index (χ0n) is 13.3. The number of aromatic nitrogens is 2. The summed E-state index contributed by atoms with van der Waals surface area (Å²) in [6.07, 6.45) is 6.69. The molecule has 5 nitrogen and oxygen atoms in total. The van der Waals surface area contributed by atoms with Crippen molar-refractivity contribution in [3.63, 3.8) is 0 Å². The van der Waals surface area contributed by atoms with E-state index >= 15 is 0 Å². The summed E-state index contributed by atoms with van der Waals surface area (Å²) in [6.45, 7) is 2.12. The SMILES string of the molecule is O=C(Nc1ccccc1N1CCCC1)c1n[nH]c2c1CCCC2. The number of carbonyl (C=O) groups excluding carboxylic acids is 1. The average molecular weight is 310 g/mol. The summed E-state index contributed by atoms with van der Waals surface area (Å²) < 4.78 is 0. The van der Waals surface area contributed by atoms with Crippen LogP contribution in [0.5, 0.6) is 0 Å². The molecule has 4 rings (SSSR count). The van der Waals surface area contributed by atoms with Crippen LogP contribution >= 0.6 is 0 Å². The number of benzene rings is 1. The Morgan fingerprint density at radius 2 is 1.87 bits per heavy atom. The molecule has 0 radical (unpaired) electrons. The highest BCUT2D eigenvalue weighted by atomic mass is 16.2. The molecule has 2 aliphatic rings. The third-order valence-corrected chi connectivity index (χ3v) is 4.87. The van der Waals surface area contributed by atoms with Gasteiger partial charge in [-0.2, -0.15) is 5.10 Å². The fourth-order valence-corrected chi connectivity index (χ4v) is 3.66. The Bertz CT molecular complexity index is 716. The Morgan fingerprint density at radius 1 is 1.09 bits per heavy atom. The number of anilines is 2. The minimum atomic E-state index is -0.101. The van der Waals surface area contributed by atoms with Gasteiger partial charge in [-0.25, -0.2) is 0 Å². The van der Waals surface area contributed by atoms with E-state index in [0.29, 0.717) is 5.69 Å². The van der Waals surface area contributed by atoms with Gasteiger partial charge in [0.2, 0.25) is 0 Å². The molecule has 0 bridgehead atoms. The lowest BCUT2D eigenvalue weighted by Gasteiger charge is -2.21. The monoisotopic (exact) mass is 310 g/mol. The van der Waals surface area contributed by atoms with E-state index in [4.69, 9.17) is 0 Å². The van der Waals surface area contributed by atoms with Crippen molar-refractivity contribution >= 4 is 17.3 Å². The molecular weight excluding hydrogens is 288 g/mol. The van der Waals surface area contributed by atoms with Crippen molar-refractivity contribution in [2.24, 2.45) is 0 Å². The Kier molecular flexibility index (Phi) is 3.77. The Hall–Kier alpha value is -2.30. The summed E-state index contributed by atoms with van der Waals surface area (Å²) in [4.78, 5) is 15.0. The smallest absolute Gasteiger partial charge is 0.276 e. The van der Waals surface area contributed by atoms with Gasteiger partial charge in [-0.15, -0.1) is 0 Å². The first kappa shape index (κ1) is 14.3. The molecule has 2 heterocycles. The van der Waals surface area contributed by atoms with Gasteiger partial charge < -0.3 is 10.2 Å². The Balaban J connectivity index is 1.58. The molecule has 23 heavy (non-hydrogen) atoms. The predicted octanol–water partition coefficient (Wildman–Crippen LogP) is 3.14. The number of fused-ring (bicyclic) bond motifs is 1. The van der Waals surface area contributed by atoms with Crippen LogP contribution in [0, 0.1) is 0 Å². The molecule has 1 aromatic heterocycles. The van der Waals surface area contributed by atoms with Crippen molar-refractivity contribution in [1.82, 2.24) is 10.2 Å². The zero-order valence-corrected chi connectivity index (χ0v) is 13.3. The number of nitrogens with one attached hydrogen (secondary N) is 2. The number of hydrogen-bond acceptors (Lipinski definition) is 3. The summed E-state index contributed by atoms with van der Waals surface area (Å²) in [7, 11) is 0. The fourth-order valence-electron chi connectivity index (χ4n) is 3.66. The molecule has 1 aliphatic carbocycles. The molecule has 120 valence electrons. The van der Waals surface area contributed by atoms with Gasteiger partial charge in [0, 0.05) is 24.3 Å². The zero-order chi connectivity index (χ0) is 15.6. The number of aryl methyl sites for hydroxylation is 1. The highest BCUT2D eigenvalue weighted by Gasteiger charge is 2.23. The highest BCUT2D eigenvalue weighted by molar-refractivity contribution is 6.05. The molecule has 1 aromatic carbocycles. The highest BCUT2D eigenvalue weighted by Crippen LogP contribution is 2.29. The molecule has 0 spiro atoms. The van der Waals surface area contributed by atoms with Crippen LogP contribution in [0.4, 0.5) is 11.4 Å². The van der Waals surface area contributed by atoms with Gasteiger partial charge in [0.05, 0.1) is 11.4 Å². The maximum atomic E-state index is 12.7. The maximum absolute atomic E-state index is 12.7. The third kappa shape index (κ3) is 2.71. The number of carbonyl (C=O) groups is 1. The summed E-state index contributed by atoms with van der Waals surface area (Å²) in [5, 5.41) is 10.4. The van der Waals surface area contributed by atoms with Crippen LogP contribution < -0.4 is 10.2 Å². The van der Waals surface area contributed by atoms with E-state index in [-0.39, 0.29) is 5.91 Å². The molecule has 2 N–H and O–H groups in total. The van der Waals surface area contributed by atoms with Crippen LogP contribution in [0.1, 0.15) is 47.4 Å². The van der Waals surface area contributed by atoms with Crippen LogP contribution in [-0.2, 0) is 12.8 Å². The van der Waals surface area contributed by atoms with Crippen molar-refractivity contribution < 1.29 is 4.79 Å². The summed E-state index contributed by atoms with van der Waals surface area (Å²) in [6, 6.07) is 8.06. The normalized spacial score (nSPS) is 17.1. The number of amides is 1. The Morgan fingerprint density at radius 3 is 2.74 bits per heavy atom. The number of rotatable bonds is 3. The van der Waals surface area contributed by atoms with Gasteiger partial charge in [-0.1, -0.05) is 12.1 Å². The molecule has 1 aliphatic heterocycles. The molecule has 5 heteroatoms. The van der Waals surface area contributed by atoms with Crippen LogP contribution in [0.2, 0.25) is 0 Å². The van der Waals surface area contributed by atoms with Crippen molar-refractivity contribution in [2.75, 3.05) is 23.3 Å². The number of aromatic amines is 1. The lowest BCUT2D eigenvalue weighted by molar-refractivity contribution is 0.102. The van der Waals surface area contributed by atoms with E-state index in [1.807, 2.05) is 18.2 Å². The van der Waals surface area contributed by atoms with Gasteiger partial charge in [-0.3, -0.25) is 9.89 Å². The Labute approximate surface area is 136 Å². The van der Waals surface area contributed by atoms with E-state index in [9.17, 15) is 4.79 Å². The topological polar surface area (TPSA) is 61.0 Å². The first-order chi connectivity index (χ1) is 11.3. The first-order valence-electron chi connectivity index (χ1n) is 8.54. The van der Waals surface area contributed by atoms with Crippen LogP contribution in [0.25, 0.3) is 0 Å². The molecule has 0 saturated carbocycles. The van der Waals surface area contributed by atoms with Crippen LogP contribution in [0.15, 0.2) is 24.3 Å². The van der Waals surface area contributed by atoms with E-state index < -0.39 is 0 Å². The van der Waals surface area contributed by atoms with Gasteiger partial charge in [-0.05, 0) is 50.7 Å². The lowest BCUT2D eigenvalue weighted by atomic mass is 9.96. The molecule has 0 unspecified atom stereocenters. The van der Waals surface area contributed by atoms with E-state index in [0.717, 1.165) is 55.0 Å². The molecule has 1 fully saturated rings. The van der Waals surface area contributed by atoms with Crippen molar-refractivity contribution in [3.05, 3.63) is 41.2 Å². The number of hydrogen-bond donors (Lipinski definition) is 2. The lowest BCUT2D eigenvalue weighted by Crippen LogP contribution is -2.21. The summed E-state index contributed by atoms with van der Waals surface area (Å²) >= 11 is 0. The molecule has 2 aromatic rings. The number of H-pyrrole nitrogens is 1. The number of para-hydroxylation sites is 2. The van der Waals surface area contributed by atoms with Crippen molar-refractivity contribution in [1.29, 1.82) is 0 Å². The molecule has 0 atom stereocenters. The van der Waals surface area contributed by atoms with Gasteiger partial charge >= 0.3 is 0 Å². The standard InChI is InChI=1S/C18H22N4O/c23-18(17-13-7-1-2-8-14(13)20-21-17)19-15-9-3-4-10-16(15)22-11-5-6-12-22/h3-4,9-10H,1-2,5-8,11-12H2,(H,19,23)(H,20,21). The summed E-state index contributed by atoms with van der Waals surface area (Å²) in [5.41, 5.74) is 4.80. The molecular formula is C18H22N4O. The molecule has 1 saturated heterocycles. The average Bonchev–Trinajstić information content (AvgIpc) is 3.25. The molecule has 1 amide bonds. The van der Waals surface area contributed by atoms with Crippen molar-refractivity contribution in [2.45, 2.75) is 38.5 Å². The second kappa shape index (κ2) is 6.07. The minimum Gasteiger partial charge on any atom is -0.370 e. The van der Waals surface area contributed by atoms with E-state index in [2.05, 4.69) is 26.5 Å².